The van der Waals surface area contributed by atoms with Crippen molar-refractivity contribution >= 4 is 69.5 Å². The average Bonchev–Trinajstić information content (AvgIpc) is 3.64. The number of carboxylic acids is 2. The van der Waals surface area contributed by atoms with Gasteiger partial charge in [-0.2, -0.15) is 0 Å². The molecule has 0 aliphatic carbocycles. The number of hydrogen-bond donors (Lipinski definition) is 6. The second-order valence-corrected chi connectivity index (χ2v) is 12.8. The molecule has 0 saturated carbocycles. The number of β-lactam (4-membered cyclic amide) rings is 1. The zero-order valence-corrected chi connectivity index (χ0v) is 25.6. The number of amides is 2. The van der Waals surface area contributed by atoms with Crippen LogP contribution in [0.15, 0.2) is 49.6 Å². The van der Waals surface area contributed by atoms with Crippen molar-refractivity contribution < 1.29 is 48.9 Å². The Labute approximate surface area is 265 Å². The summed E-state index contributed by atoms with van der Waals surface area (Å²) in [6.07, 6.45) is 0. The lowest BCUT2D eigenvalue weighted by molar-refractivity contribution is -0.161. The Bertz CT molecular complexity index is 1770. The van der Waals surface area contributed by atoms with E-state index >= 15 is 0 Å². The van der Waals surface area contributed by atoms with Gasteiger partial charge in [0.15, 0.2) is 22.3 Å². The smallest absolute Gasteiger partial charge is 0.352 e. The van der Waals surface area contributed by atoms with Gasteiger partial charge in [-0.15, -0.1) is 33.3 Å². The molecule has 2 amide bonds. The first-order chi connectivity index (χ1) is 21.3. The summed E-state index contributed by atoms with van der Waals surface area (Å²) in [6, 6.07) is 2.85. The molecule has 0 radical (unpaired) electrons. The third-order valence-electron chi connectivity index (χ3n) is 6.39. The minimum Gasteiger partial charge on any atom is -0.504 e. The van der Waals surface area contributed by atoms with Crippen molar-refractivity contribution in [1.29, 1.82) is 0 Å². The number of nitrogen functional groups attached to an aromatic ring is 1. The van der Waals surface area contributed by atoms with Crippen LogP contribution in [0.3, 0.4) is 0 Å². The number of phenolic OH excluding ortho intramolecular Hbond substituents is 2. The van der Waals surface area contributed by atoms with Crippen molar-refractivity contribution in [2.45, 2.75) is 36.1 Å². The summed E-state index contributed by atoms with van der Waals surface area (Å²) in [6.45, 7) is 2.45. The maximum absolute atomic E-state index is 13.2. The largest absolute Gasteiger partial charge is 0.504 e. The number of benzene rings is 1. The van der Waals surface area contributed by atoms with Crippen LogP contribution in [0.1, 0.15) is 19.5 Å². The SMILES string of the molecule is CC(C)(ON=C(C(=O)N[C@@H]1C(=O)N2C(C(=O)O)=C(CSc3nnc(-c4ccc(O)c(O)c4)o3)CS[C@H]12)c1csc(N)n1)C(=O)O. The number of carbonyl (C=O) groups excluding carboxylic acids is 2. The second-order valence-electron chi connectivity index (χ2n) is 9.90. The van der Waals surface area contributed by atoms with Gasteiger partial charge in [0.25, 0.3) is 17.0 Å². The lowest BCUT2D eigenvalue weighted by Gasteiger charge is -2.49. The molecule has 2 aliphatic rings. The highest BCUT2D eigenvalue weighted by atomic mass is 32.2. The Balaban J connectivity index is 1.29. The average molecular weight is 678 g/mol. The van der Waals surface area contributed by atoms with E-state index in [-0.39, 0.29) is 50.6 Å². The molecule has 2 aliphatic heterocycles. The summed E-state index contributed by atoms with van der Waals surface area (Å²) >= 11 is 3.27. The number of carbonyl (C=O) groups is 4. The van der Waals surface area contributed by atoms with Crippen LogP contribution < -0.4 is 11.1 Å². The molecule has 236 valence electrons. The van der Waals surface area contributed by atoms with Gasteiger partial charge in [-0.3, -0.25) is 14.5 Å². The maximum Gasteiger partial charge on any atom is 0.352 e. The highest BCUT2D eigenvalue weighted by Crippen LogP contribution is 2.42. The van der Waals surface area contributed by atoms with Gasteiger partial charge in [0.1, 0.15) is 22.8 Å². The molecule has 0 bridgehead atoms. The lowest BCUT2D eigenvalue weighted by Crippen LogP contribution is -2.71. The summed E-state index contributed by atoms with van der Waals surface area (Å²) < 4.78 is 5.59. The molecule has 2 aromatic heterocycles. The summed E-state index contributed by atoms with van der Waals surface area (Å²) in [5, 5.41) is 53.4. The number of fused-ring (bicyclic) bond motifs is 1. The molecule has 5 rings (SSSR count). The zero-order valence-electron chi connectivity index (χ0n) is 23.2. The van der Waals surface area contributed by atoms with E-state index in [9.17, 15) is 39.6 Å². The summed E-state index contributed by atoms with van der Waals surface area (Å²) in [5.41, 5.74) is 3.98. The predicted molar refractivity (Wildman–Crippen MR) is 159 cm³/mol. The summed E-state index contributed by atoms with van der Waals surface area (Å²) in [5.74, 6) is -4.61. The van der Waals surface area contributed by atoms with Crippen molar-refractivity contribution in [3.05, 3.63) is 40.5 Å². The van der Waals surface area contributed by atoms with Crippen LogP contribution in [0.2, 0.25) is 0 Å². The van der Waals surface area contributed by atoms with Crippen molar-refractivity contribution in [3.63, 3.8) is 0 Å². The van der Waals surface area contributed by atoms with E-state index in [1.165, 1.54) is 49.2 Å². The number of hydrogen-bond acceptors (Lipinski definition) is 16. The molecule has 1 aromatic carbocycles. The molecule has 0 unspecified atom stereocenters. The van der Waals surface area contributed by atoms with Crippen molar-refractivity contribution in [3.8, 4) is 23.0 Å². The first-order valence-corrected chi connectivity index (χ1v) is 15.6. The highest BCUT2D eigenvalue weighted by molar-refractivity contribution is 8.01. The maximum atomic E-state index is 13.2. The number of aromatic hydroxyl groups is 2. The molecule has 0 spiro atoms. The predicted octanol–water partition coefficient (Wildman–Crippen LogP) is 1.30. The van der Waals surface area contributed by atoms with Crippen LogP contribution in [-0.2, 0) is 24.0 Å². The van der Waals surface area contributed by atoms with Gasteiger partial charge in [-0.1, -0.05) is 16.9 Å². The Kier molecular flexibility index (Phi) is 8.63. The number of rotatable bonds is 11. The molecular formula is C25H23N7O10S3. The number of nitrogens with two attached hydrogens (primary N) is 1. The Morgan fingerprint density at radius 3 is 2.64 bits per heavy atom. The van der Waals surface area contributed by atoms with Crippen LogP contribution in [0.25, 0.3) is 11.5 Å². The Morgan fingerprint density at radius 1 is 1.24 bits per heavy atom. The van der Waals surface area contributed by atoms with Crippen LogP contribution in [-0.4, -0.2) is 98.5 Å². The minimum atomic E-state index is -1.79. The van der Waals surface area contributed by atoms with Crippen LogP contribution >= 0.6 is 34.9 Å². The molecule has 2 atom stereocenters. The first-order valence-electron chi connectivity index (χ1n) is 12.7. The zero-order chi connectivity index (χ0) is 32.6. The van der Waals surface area contributed by atoms with Crippen molar-refractivity contribution in [2.24, 2.45) is 5.16 Å². The van der Waals surface area contributed by atoms with Crippen LogP contribution in [0.5, 0.6) is 11.5 Å². The van der Waals surface area contributed by atoms with Gasteiger partial charge in [0, 0.05) is 22.4 Å². The molecule has 1 saturated heterocycles. The van der Waals surface area contributed by atoms with Gasteiger partial charge in [0.05, 0.1) is 0 Å². The molecule has 20 heteroatoms. The Morgan fingerprint density at radius 2 is 2.00 bits per heavy atom. The molecule has 4 heterocycles. The van der Waals surface area contributed by atoms with E-state index in [4.69, 9.17) is 15.0 Å². The molecular weight excluding hydrogens is 655 g/mol. The molecule has 17 nitrogen and oxygen atoms in total. The van der Waals surface area contributed by atoms with E-state index in [1.807, 2.05) is 0 Å². The molecule has 3 aromatic rings. The molecule has 45 heavy (non-hydrogen) atoms. The third-order valence-corrected chi connectivity index (χ3v) is 9.31. The second kappa shape index (κ2) is 12.3. The number of thiazole rings is 1. The van der Waals surface area contributed by atoms with Gasteiger partial charge in [-0.25, -0.2) is 14.6 Å². The van der Waals surface area contributed by atoms with Gasteiger partial charge < -0.3 is 40.7 Å². The fourth-order valence-corrected chi connectivity index (χ4v) is 6.79. The van der Waals surface area contributed by atoms with Gasteiger partial charge in [0.2, 0.25) is 11.5 Å². The minimum absolute atomic E-state index is 0.00654. The number of aromatic nitrogens is 3. The number of phenols is 2. The summed E-state index contributed by atoms with van der Waals surface area (Å²) in [7, 11) is 0. The molecule has 7 N–H and O–H groups in total. The number of nitrogens with one attached hydrogen (secondary N) is 1. The van der Waals surface area contributed by atoms with Gasteiger partial charge in [-0.05, 0) is 37.6 Å². The van der Waals surface area contributed by atoms with Crippen LogP contribution in [0, 0.1) is 0 Å². The number of thioether (sulfide) groups is 2. The van der Waals surface area contributed by atoms with E-state index in [2.05, 4.69) is 25.7 Å². The normalized spacial score (nSPS) is 18.3. The number of anilines is 1. The quantitative estimate of drug-likeness (QED) is 0.0549. The lowest BCUT2D eigenvalue weighted by atomic mass is 10.0. The van der Waals surface area contributed by atoms with E-state index < -0.39 is 46.5 Å². The Hall–Kier alpha value is -4.82. The first kappa shape index (κ1) is 31.6. The van der Waals surface area contributed by atoms with E-state index in [0.29, 0.717) is 11.1 Å². The van der Waals surface area contributed by atoms with Crippen molar-refractivity contribution in [1.82, 2.24) is 25.4 Å². The van der Waals surface area contributed by atoms with Gasteiger partial charge >= 0.3 is 11.9 Å². The monoisotopic (exact) mass is 677 g/mol. The van der Waals surface area contributed by atoms with Crippen molar-refractivity contribution in [2.75, 3.05) is 17.2 Å². The number of carboxylic acid groups (broad SMARTS) is 2. The number of nitrogens with zero attached hydrogens (tertiary/aromatic N) is 5. The third kappa shape index (κ3) is 6.37. The topological polar surface area (TPSA) is 264 Å². The fraction of sp³-hybridized carbons (Fsp3) is 0.280. The number of oxime groups is 1. The highest BCUT2D eigenvalue weighted by Gasteiger charge is 2.54. The van der Waals surface area contributed by atoms with Crippen LogP contribution in [0.4, 0.5) is 5.13 Å². The fourth-order valence-electron chi connectivity index (χ4n) is 3.99. The van der Waals surface area contributed by atoms with E-state index in [0.717, 1.165) is 28.0 Å². The molecule has 1 fully saturated rings. The van der Waals surface area contributed by atoms with E-state index in [1.54, 1.807) is 0 Å². The number of aliphatic carboxylic acids is 2. The standard InChI is InChI=1S/C25H23N7O10S3/c1-25(2,22(39)40)42-31-14(11-8-44-23(26)27-11)17(35)28-15-19(36)32-16(21(37)38)10(6-43-20(15)32)7-45-24-30-29-18(41-24)9-3-4-12(33)13(34)5-9/h3-5,8,15,20,33-34H,6-7H2,1-2H3,(H2,26,27)(H,28,35)(H,37,38)(H,39,40)/t15-,20-/m1/s1. The summed E-state index contributed by atoms with van der Waals surface area (Å²) in [4.78, 5) is 60.3.